The molecule has 0 atom stereocenters. The van der Waals surface area contributed by atoms with Gasteiger partial charge < -0.3 is 5.11 Å². The Bertz CT molecular complexity index is 902. The highest BCUT2D eigenvalue weighted by molar-refractivity contribution is 5.87. The van der Waals surface area contributed by atoms with Crippen molar-refractivity contribution < 1.29 is 14.3 Å². The van der Waals surface area contributed by atoms with Gasteiger partial charge in [-0.05, 0) is 31.2 Å². The number of imidazole rings is 1. The molecule has 2 heterocycles. The molecular weight excluding hydrogens is 287 g/mol. The number of carbonyl (C=O) groups is 1. The van der Waals surface area contributed by atoms with Crippen molar-refractivity contribution in [3.63, 3.8) is 0 Å². The number of fused-ring (bicyclic) bond motifs is 1. The van der Waals surface area contributed by atoms with Crippen LogP contribution in [0.25, 0.3) is 5.65 Å². The molecule has 0 radical (unpaired) electrons. The Labute approximate surface area is 124 Å². The predicted molar refractivity (Wildman–Crippen MR) is 77.5 cm³/mol. The number of halogens is 1. The van der Waals surface area contributed by atoms with Gasteiger partial charge in [0.2, 0.25) is 0 Å². The smallest absolute Gasteiger partial charge is 0.337 e. The molecule has 0 aliphatic rings. The molecule has 0 amide bonds. The summed E-state index contributed by atoms with van der Waals surface area (Å²) in [7, 11) is 0. The van der Waals surface area contributed by atoms with Crippen LogP contribution in [0, 0.1) is 12.7 Å². The topological polar surface area (TPSA) is 79.3 Å². The summed E-state index contributed by atoms with van der Waals surface area (Å²) in [6, 6.07) is 8.79. The zero-order chi connectivity index (χ0) is 15.7. The predicted octanol–water partition coefficient (Wildman–Crippen LogP) is 3.90. The number of aryl methyl sites for hydroxylation is 1. The lowest BCUT2D eigenvalue weighted by molar-refractivity contribution is 0.0696. The molecule has 0 aliphatic heterocycles. The van der Waals surface area contributed by atoms with Crippen molar-refractivity contribution >= 4 is 23.1 Å². The number of hydrogen-bond acceptors (Lipinski definition) is 4. The van der Waals surface area contributed by atoms with E-state index in [0.717, 1.165) is 0 Å². The summed E-state index contributed by atoms with van der Waals surface area (Å²) < 4.78 is 14.7. The molecule has 0 bridgehead atoms. The van der Waals surface area contributed by atoms with E-state index in [0.29, 0.717) is 22.8 Å². The van der Waals surface area contributed by atoms with E-state index in [1.807, 2.05) is 0 Å². The van der Waals surface area contributed by atoms with Crippen LogP contribution in [0.5, 0.6) is 0 Å². The number of benzene rings is 1. The van der Waals surface area contributed by atoms with Gasteiger partial charge in [0.15, 0.2) is 5.82 Å². The van der Waals surface area contributed by atoms with E-state index in [9.17, 15) is 9.18 Å². The highest BCUT2D eigenvalue weighted by atomic mass is 19.1. The number of azo groups is 1. The molecule has 0 unspecified atom stereocenters. The standard InChI is InChI=1S/C15H11FN4O2/c1-9-14(19-18-12-4-2-3-11(16)7-12)20-8-10(15(21)22)5-6-13(20)17-9/h2-8H,1H3,(H,21,22). The number of aromatic nitrogens is 2. The van der Waals surface area contributed by atoms with Crippen molar-refractivity contribution in [2.75, 3.05) is 0 Å². The van der Waals surface area contributed by atoms with Gasteiger partial charge in [0.05, 0.1) is 16.9 Å². The van der Waals surface area contributed by atoms with E-state index < -0.39 is 11.8 Å². The molecule has 1 N–H and O–H groups in total. The Morgan fingerprint density at radius 3 is 2.82 bits per heavy atom. The second-order valence-electron chi connectivity index (χ2n) is 4.65. The minimum Gasteiger partial charge on any atom is -0.478 e. The zero-order valence-corrected chi connectivity index (χ0v) is 11.6. The molecule has 22 heavy (non-hydrogen) atoms. The third-order valence-electron chi connectivity index (χ3n) is 3.08. The van der Waals surface area contributed by atoms with Gasteiger partial charge in [0.1, 0.15) is 11.5 Å². The number of carboxylic acid groups (broad SMARTS) is 1. The molecular formula is C15H11FN4O2. The molecule has 3 aromatic rings. The number of carboxylic acids is 1. The molecule has 110 valence electrons. The van der Waals surface area contributed by atoms with Crippen LogP contribution in [-0.2, 0) is 0 Å². The molecule has 0 saturated heterocycles. The second-order valence-corrected chi connectivity index (χ2v) is 4.65. The first-order valence-corrected chi connectivity index (χ1v) is 6.44. The SMILES string of the molecule is Cc1nc2ccc(C(=O)O)cn2c1N=Nc1cccc(F)c1. The van der Waals surface area contributed by atoms with Crippen molar-refractivity contribution in [2.24, 2.45) is 10.2 Å². The van der Waals surface area contributed by atoms with Crippen LogP contribution in [0.4, 0.5) is 15.9 Å². The molecule has 0 saturated carbocycles. The lowest BCUT2D eigenvalue weighted by atomic mass is 10.3. The first kappa shape index (κ1) is 13.9. The van der Waals surface area contributed by atoms with Crippen LogP contribution in [0.2, 0.25) is 0 Å². The fourth-order valence-corrected chi connectivity index (χ4v) is 2.04. The van der Waals surface area contributed by atoms with E-state index in [2.05, 4.69) is 15.2 Å². The molecule has 0 fully saturated rings. The average molecular weight is 298 g/mol. The van der Waals surface area contributed by atoms with Gasteiger partial charge in [-0.2, -0.15) is 0 Å². The minimum atomic E-state index is -1.04. The fraction of sp³-hybridized carbons (Fsp3) is 0.0667. The van der Waals surface area contributed by atoms with Crippen LogP contribution in [-0.4, -0.2) is 20.5 Å². The van der Waals surface area contributed by atoms with Crippen molar-refractivity contribution in [1.82, 2.24) is 9.38 Å². The Kier molecular flexibility index (Phi) is 3.38. The largest absolute Gasteiger partial charge is 0.478 e. The third kappa shape index (κ3) is 2.56. The van der Waals surface area contributed by atoms with Gasteiger partial charge in [-0.1, -0.05) is 6.07 Å². The van der Waals surface area contributed by atoms with Crippen LogP contribution < -0.4 is 0 Å². The van der Waals surface area contributed by atoms with E-state index in [-0.39, 0.29) is 5.56 Å². The summed E-state index contributed by atoms with van der Waals surface area (Å²) in [5.41, 5.74) is 1.65. The number of aromatic carboxylic acids is 1. The molecule has 0 aliphatic carbocycles. The number of rotatable bonds is 3. The minimum absolute atomic E-state index is 0.118. The van der Waals surface area contributed by atoms with Crippen LogP contribution in [0.3, 0.4) is 0 Å². The number of pyridine rings is 1. The zero-order valence-electron chi connectivity index (χ0n) is 11.6. The van der Waals surface area contributed by atoms with Gasteiger partial charge in [-0.15, -0.1) is 10.2 Å². The second kappa shape index (κ2) is 5.36. The molecule has 0 spiro atoms. The van der Waals surface area contributed by atoms with Crippen molar-refractivity contribution in [3.8, 4) is 0 Å². The Hall–Kier alpha value is -3.09. The lowest BCUT2D eigenvalue weighted by Crippen LogP contribution is -1.98. The average Bonchev–Trinajstić information content (AvgIpc) is 2.79. The van der Waals surface area contributed by atoms with E-state index >= 15 is 0 Å². The Morgan fingerprint density at radius 2 is 2.09 bits per heavy atom. The van der Waals surface area contributed by atoms with Gasteiger partial charge in [0.25, 0.3) is 0 Å². The Morgan fingerprint density at radius 1 is 1.27 bits per heavy atom. The maximum atomic E-state index is 13.1. The van der Waals surface area contributed by atoms with Crippen LogP contribution in [0.15, 0.2) is 52.8 Å². The summed E-state index contributed by atoms with van der Waals surface area (Å²) in [6.07, 6.45) is 1.43. The van der Waals surface area contributed by atoms with Gasteiger partial charge in [-0.25, -0.2) is 14.2 Å². The lowest BCUT2D eigenvalue weighted by Gasteiger charge is -1.99. The summed E-state index contributed by atoms with van der Waals surface area (Å²) in [6.45, 7) is 1.74. The molecule has 7 heteroatoms. The first-order valence-electron chi connectivity index (χ1n) is 6.44. The summed E-state index contributed by atoms with van der Waals surface area (Å²) >= 11 is 0. The molecule has 3 rings (SSSR count). The fourth-order valence-electron chi connectivity index (χ4n) is 2.04. The summed E-state index contributed by atoms with van der Waals surface area (Å²) in [5.74, 6) is -1.04. The Balaban J connectivity index is 2.07. The van der Waals surface area contributed by atoms with Crippen molar-refractivity contribution in [2.45, 2.75) is 6.92 Å². The maximum absolute atomic E-state index is 13.1. The summed E-state index contributed by atoms with van der Waals surface area (Å²) in [4.78, 5) is 15.3. The van der Waals surface area contributed by atoms with E-state index in [1.165, 1.54) is 30.5 Å². The van der Waals surface area contributed by atoms with Crippen LogP contribution >= 0.6 is 0 Å². The summed E-state index contributed by atoms with van der Waals surface area (Å²) in [5, 5.41) is 17.1. The van der Waals surface area contributed by atoms with Crippen molar-refractivity contribution in [1.29, 1.82) is 0 Å². The monoisotopic (exact) mass is 298 g/mol. The third-order valence-corrected chi connectivity index (χ3v) is 3.08. The van der Waals surface area contributed by atoms with Gasteiger partial charge in [-0.3, -0.25) is 4.40 Å². The quantitative estimate of drug-likeness (QED) is 0.745. The van der Waals surface area contributed by atoms with Crippen LogP contribution in [0.1, 0.15) is 16.1 Å². The molecule has 2 aromatic heterocycles. The number of hydrogen-bond donors (Lipinski definition) is 1. The molecule has 1 aromatic carbocycles. The maximum Gasteiger partial charge on any atom is 0.337 e. The first-order chi connectivity index (χ1) is 10.5. The molecule has 6 nitrogen and oxygen atoms in total. The normalized spacial score (nSPS) is 11.4. The number of nitrogens with zero attached hydrogens (tertiary/aromatic N) is 4. The van der Waals surface area contributed by atoms with Gasteiger partial charge >= 0.3 is 5.97 Å². The van der Waals surface area contributed by atoms with Gasteiger partial charge in [0, 0.05) is 12.3 Å². The highest BCUT2D eigenvalue weighted by Crippen LogP contribution is 2.24. The highest BCUT2D eigenvalue weighted by Gasteiger charge is 2.11. The van der Waals surface area contributed by atoms with Crippen molar-refractivity contribution in [3.05, 3.63) is 59.7 Å². The van der Waals surface area contributed by atoms with E-state index in [1.54, 1.807) is 23.5 Å². The van der Waals surface area contributed by atoms with E-state index in [4.69, 9.17) is 5.11 Å².